The lowest BCUT2D eigenvalue weighted by atomic mass is 9.92. The number of ether oxygens (including phenoxy) is 3. The number of nitrogens with one attached hydrogen (secondary N) is 3. The first kappa shape index (κ1) is 23.7. The summed E-state index contributed by atoms with van der Waals surface area (Å²) >= 11 is 0. The molecule has 1 amide bonds. The highest BCUT2D eigenvalue weighted by molar-refractivity contribution is 6.07. The normalized spacial score (nSPS) is 23.2. The van der Waals surface area contributed by atoms with Gasteiger partial charge in [0.15, 0.2) is 11.6 Å². The van der Waals surface area contributed by atoms with Gasteiger partial charge in [0, 0.05) is 43.0 Å². The molecule has 5 heterocycles. The zero-order chi connectivity index (χ0) is 25.4. The summed E-state index contributed by atoms with van der Waals surface area (Å²) in [7, 11) is 1.42. The van der Waals surface area contributed by atoms with Gasteiger partial charge in [-0.1, -0.05) is 6.07 Å². The molecule has 6 rings (SSSR count). The smallest absolute Gasteiger partial charge is 0.255 e. The molecule has 10 heteroatoms. The fraction of sp³-hybridized carbons (Fsp3) is 0.407. The van der Waals surface area contributed by atoms with Crippen molar-refractivity contribution < 1.29 is 23.4 Å². The van der Waals surface area contributed by atoms with Crippen molar-refractivity contribution in [2.75, 3.05) is 51.8 Å². The van der Waals surface area contributed by atoms with Crippen LogP contribution >= 0.6 is 0 Å². The predicted octanol–water partition coefficient (Wildman–Crippen LogP) is 3.67. The summed E-state index contributed by atoms with van der Waals surface area (Å²) in [4.78, 5) is 23.5. The highest BCUT2D eigenvalue weighted by atomic mass is 19.1. The molecule has 4 bridgehead atoms. The van der Waals surface area contributed by atoms with Crippen molar-refractivity contribution >= 4 is 17.3 Å². The van der Waals surface area contributed by atoms with Crippen molar-refractivity contribution in [1.82, 2.24) is 20.2 Å². The monoisotopic (exact) mass is 507 g/mol. The molecule has 1 saturated heterocycles. The fourth-order valence-electron chi connectivity index (χ4n) is 5.52. The van der Waals surface area contributed by atoms with E-state index in [0.717, 1.165) is 43.7 Å². The van der Waals surface area contributed by atoms with Crippen molar-refractivity contribution in [2.24, 2.45) is 0 Å². The third-order valence-electron chi connectivity index (χ3n) is 7.33. The van der Waals surface area contributed by atoms with Gasteiger partial charge in [0.25, 0.3) is 5.91 Å². The second-order valence-corrected chi connectivity index (χ2v) is 9.63. The molecule has 3 aromatic rings. The van der Waals surface area contributed by atoms with Gasteiger partial charge >= 0.3 is 0 Å². The van der Waals surface area contributed by atoms with Gasteiger partial charge in [-0.25, -0.2) is 4.39 Å². The van der Waals surface area contributed by atoms with Crippen molar-refractivity contribution in [3.8, 4) is 22.8 Å². The minimum absolute atomic E-state index is 0.0385. The van der Waals surface area contributed by atoms with E-state index in [9.17, 15) is 9.18 Å². The zero-order valence-electron chi connectivity index (χ0n) is 20.7. The number of carbonyl (C=O) groups excluding carboxylic acids is 1. The number of benzene rings is 1. The molecule has 0 spiro atoms. The van der Waals surface area contributed by atoms with Crippen LogP contribution in [0.3, 0.4) is 0 Å². The Labute approximate surface area is 214 Å². The van der Waals surface area contributed by atoms with Gasteiger partial charge in [-0.2, -0.15) is 0 Å². The van der Waals surface area contributed by atoms with Gasteiger partial charge in [0.05, 0.1) is 42.5 Å². The number of hydrogen-bond acceptors (Lipinski definition) is 7. The Morgan fingerprint density at radius 2 is 2.19 bits per heavy atom. The molecular weight excluding hydrogens is 477 g/mol. The van der Waals surface area contributed by atoms with E-state index in [0.29, 0.717) is 48.1 Å². The number of rotatable bonds is 3. The van der Waals surface area contributed by atoms with Crippen LogP contribution in [0.25, 0.3) is 11.3 Å². The molecule has 0 aliphatic carbocycles. The van der Waals surface area contributed by atoms with Gasteiger partial charge in [0.2, 0.25) is 0 Å². The highest BCUT2D eigenvalue weighted by Gasteiger charge is 2.34. The van der Waals surface area contributed by atoms with E-state index < -0.39 is 5.82 Å². The van der Waals surface area contributed by atoms with Crippen molar-refractivity contribution in [3.63, 3.8) is 0 Å². The van der Waals surface area contributed by atoms with Crippen molar-refractivity contribution in [2.45, 2.75) is 24.9 Å². The number of amides is 1. The van der Waals surface area contributed by atoms with Gasteiger partial charge in [0.1, 0.15) is 18.5 Å². The minimum Gasteiger partial charge on any atom is -0.492 e. The minimum atomic E-state index is -0.492. The number of halogens is 1. The van der Waals surface area contributed by atoms with Crippen molar-refractivity contribution in [3.05, 3.63) is 53.7 Å². The maximum atomic E-state index is 14.5. The number of nitrogens with zero attached hydrogens (tertiary/aromatic N) is 2. The molecule has 1 fully saturated rings. The number of para-hydroxylation sites is 1. The SMILES string of the molecule is COc1c(F)cccc1Nc1c2[nH]c3c1C(=O)NC[C@H]3CCCN1CCO[C@H](COc3cnccc3-2)C1. The number of carbonyl (C=O) groups is 1. The van der Waals surface area contributed by atoms with E-state index in [1.165, 1.54) is 13.2 Å². The fourth-order valence-corrected chi connectivity index (χ4v) is 5.52. The van der Waals surface area contributed by atoms with Gasteiger partial charge < -0.3 is 29.8 Å². The first-order valence-electron chi connectivity index (χ1n) is 12.7. The highest BCUT2D eigenvalue weighted by Crippen LogP contribution is 2.44. The average Bonchev–Trinajstić information content (AvgIpc) is 3.29. The summed E-state index contributed by atoms with van der Waals surface area (Å²) in [6, 6.07) is 6.52. The Morgan fingerprint density at radius 3 is 3.08 bits per heavy atom. The van der Waals surface area contributed by atoms with E-state index in [2.05, 4.69) is 25.5 Å². The molecule has 3 N–H and O–H groups in total. The number of fused-ring (bicyclic) bond motifs is 5. The van der Waals surface area contributed by atoms with Crippen LogP contribution in [-0.2, 0) is 4.74 Å². The Morgan fingerprint density at radius 1 is 1.27 bits per heavy atom. The van der Waals surface area contributed by atoms with E-state index >= 15 is 0 Å². The zero-order valence-corrected chi connectivity index (χ0v) is 20.7. The maximum Gasteiger partial charge on any atom is 0.255 e. The summed E-state index contributed by atoms with van der Waals surface area (Å²) in [5.41, 5.74) is 3.79. The lowest BCUT2D eigenvalue weighted by Gasteiger charge is -2.33. The van der Waals surface area contributed by atoms with Gasteiger partial charge in [-0.3, -0.25) is 14.7 Å². The number of aromatic amines is 1. The molecule has 37 heavy (non-hydrogen) atoms. The van der Waals surface area contributed by atoms with Crippen molar-refractivity contribution in [1.29, 1.82) is 0 Å². The summed E-state index contributed by atoms with van der Waals surface area (Å²) < 4.78 is 32.1. The van der Waals surface area contributed by atoms with Gasteiger partial charge in [-0.15, -0.1) is 0 Å². The van der Waals surface area contributed by atoms with E-state index in [4.69, 9.17) is 14.2 Å². The third kappa shape index (κ3) is 4.51. The number of H-pyrrole nitrogens is 1. The topological polar surface area (TPSA) is 101 Å². The Kier molecular flexibility index (Phi) is 6.43. The summed E-state index contributed by atoms with van der Waals surface area (Å²) in [6.45, 7) is 4.30. The number of aromatic nitrogens is 2. The Bertz CT molecular complexity index is 1310. The number of morpholine rings is 1. The van der Waals surface area contributed by atoms with E-state index in [1.807, 2.05) is 6.07 Å². The molecule has 3 atom stereocenters. The van der Waals surface area contributed by atoms with Crippen LogP contribution in [0, 0.1) is 5.82 Å². The maximum absolute atomic E-state index is 14.5. The Balaban J connectivity index is 1.50. The molecule has 0 saturated carbocycles. The molecule has 194 valence electrons. The molecule has 3 aliphatic heterocycles. The van der Waals surface area contributed by atoms with E-state index in [1.54, 1.807) is 24.5 Å². The second kappa shape index (κ2) is 10.0. The molecule has 9 nitrogen and oxygen atoms in total. The average molecular weight is 508 g/mol. The molecule has 3 aliphatic rings. The van der Waals surface area contributed by atoms with Crippen LogP contribution in [0.15, 0.2) is 36.7 Å². The molecular formula is C27H30FN5O4. The predicted molar refractivity (Wildman–Crippen MR) is 136 cm³/mol. The summed E-state index contributed by atoms with van der Waals surface area (Å²) in [5, 5.41) is 6.38. The standard InChI is InChI=1S/C27H30FN5O4/c1-35-26-19(28)5-2-6-20(26)31-25-22-23-16(12-30-27(22)34)4-3-9-33-10-11-36-17(14-33)15-37-21-13-29-8-7-18(21)24(25)32-23/h2,5-8,13,16-17,31-32H,3-4,9-12,14-15H2,1H3,(H,30,34)/t16-,17+/m1/s1. The van der Waals surface area contributed by atoms with Crippen LogP contribution < -0.4 is 20.1 Å². The lowest BCUT2D eigenvalue weighted by molar-refractivity contribution is -0.0482. The molecule has 0 radical (unpaired) electrons. The van der Waals surface area contributed by atoms with Crippen LogP contribution in [0.5, 0.6) is 11.5 Å². The summed E-state index contributed by atoms with van der Waals surface area (Å²) in [6.07, 6.45) is 5.23. The third-order valence-corrected chi connectivity index (χ3v) is 7.33. The summed E-state index contributed by atoms with van der Waals surface area (Å²) in [5.74, 6) is 0.0907. The number of anilines is 2. The lowest BCUT2D eigenvalue weighted by Crippen LogP contribution is -2.45. The quantitative estimate of drug-likeness (QED) is 0.497. The second-order valence-electron chi connectivity index (χ2n) is 9.63. The Hall–Kier alpha value is -3.63. The van der Waals surface area contributed by atoms with Crippen LogP contribution in [0.2, 0.25) is 0 Å². The van der Waals surface area contributed by atoms with Crippen LogP contribution in [-0.4, -0.2) is 73.4 Å². The molecule has 1 unspecified atom stereocenters. The molecule has 1 aromatic carbocycles. The number of hydrogen-bond donors (Lipinski definition) is 3. The first-order chi connectivity index (χ1) is 18.1. The van der Waals surface area contributed by atoms with Crippen LogP contribution in [0.4, 0.5) is 15.8 Å². The number of pyridine rings is 1. The first-order valence-corrected chi connectivity index (χ1v) is 12.7. The van der Waals surface area contributed by atoms with Gasteiger partial charge in [-0.05, 0) is 37.6 Å². The molecule has 2 aromatic heterocycles. The number of methoxy groups -OCH3 is 1. The largest absolute Gasteiger partial charge is 0.492 e. The van der Waals surface area contributed by atoms with Crippen LogP contribution in [0.1, 0.15) is 34.8 Å². The van der Waals surface area contributed by atoms with E-state index in [-0.39, 0.29) is 23.7 Å².